The molecular weight excluding hydrogens is 480 g/mol. The highest BCUT2D eigenvalue weighted by Crippen LogP contribution is 2.32. The topological polar surface area (TPSA) is 83.6 Å². The fourth-order valence-corrected chi connectivity index (χ4v) is 4.53. The Balaban J connectivity index is 1.60. The zero-order valence-corrected chi connectivity index (χ0v) is 20.0. The second-order valence-corrected chi connectivity index (χ2v) is 9.34. The Bertz CT molecular complexity index is 1220. The zero-order chi connectivity index (χ0) is 26.0. The normalized spacial score (nSPS) is 18.4. The molecule has 1 fully saturated rings. The molecule has 1 aliphatic heterocycles. The number of pyridine rings is 1. The predicted molar refractivity (Wildman–Crippen MR) is 124 cm³/mol. The molecule has 7 nitrogen and oxygen atoms in total. The maximum Gasteiger partial charge on any atom is 0.387 e. The van der Waals surface area contributed by atoms with Crippen molar-refractivity contribution in [2.24, 2.45) is 5.92 Å². The average molecular weight is 509 g/mol. The van der Waals surface area contributed by atoms with Gasteiger partial charge >= 0.3 is 6.61 Å². The number of aliphatic hydroxyl groups is 2. The van der Waals surface area contributed by atoms with E-state index in [-0.39, 0.29) is 24.0 Å². The maximum atomic E-state index is 13.7. The highest BCUT2D eigenvalue weighted by atomic mass is 19.3. The third-order valence-electron chi connectivity index (χ3n) is 6.59. The van der Waals surface area contributed by atoms with Gasteiger partial charge in [-0.25, -0.2) is 14.1 Å². The summed E-state index contributed by atoms with van der Waals surface area (Å²) >= 11 is 0. The lowest BCUT2D eigenvalue weighted by atomic mass is 9.83. The molecule has 0 unspecified atom stereocenters. The number of hydrogen-bond donors (Lipinski definition) is 2. The van der Waals surface area contributed by atoms with Gasteiger partial charge in [-0.2, -0.15) is 18.3 Å². The summed E-state index contributed by atoms with van der Waals surface area (Å²) < 4.78 is 59.6. The maximum absolute atomic E-state index is 13.7. The van der Waals surface area contributed by atoms with E-state index in [1.54, 1.807) is 32.0 Å². The van der Waals surface area contributed by atoms with Crippen molar-refractivity contribution in [2.75, 3.05) is 19.7 Å². The third kappa shape index (κ3) is 5.69. The van der Waals surface area contributed by atoms with Crippen LogP contribution in [0.15, 0.2) is 36.5 Å². The van der Waals surface area contributed by atoms with Crippen LogP contribution in [0, 0.1) is 24.6 Å². The van der Waals surface area contributed by atoms with Crippen LogP contribution in [0.4, 0.5) is 17.6 Å². The highest BCUT2D eigenvalue weighted by Gasteiger charge is 2.34. The van der Waals surface area contributed by atoms with Gasteiger partial charge in [0, 0.05) is 41.9 Å². The van der Waals surface area contributed by atoms with E-state index in [9.17, 15) is 27.8 Å². The van der Waals surface area contributed by atoms with Crippen molar-refractivity contribution >= 4 is 0 Å². The minimum Gasteiger partial charge on any atom is -0.434 e. The molecule has 0 spiro atoms. The number of likely N-dealkylation sites (tertiary alicyclic amines) is 1. The molecule has 3 aromatic rings. The van der Waals surface area contributed by atoms with Crippen LogP contribution in [0.25, 0.3) is 16.9 Å². The van der Waals surface area contributed by atoms with Crippen LogP contribution in [-0.4, -0.2) is 61.8 Å². The van der Waals surface area contributed by atoms with Crippen molar-refractivity contribution < 1.29 is 32.5 Å². The van der Waals surface area contributed by atoms with E-state index in [4.69, 9.17) is 4.74 Å². The van der Waals surface area contributed by atoms with Gasteiger partial charge in [-0.3, -0.25) is 4.90 Å². The van der Waals surface area contributed by atoms with Gasteiger partial charge in [-0.05, 0) is 45.4 Å². The second-order valence-electron chi connectivity index (χ2n) is 9.34. The number of halogens is 4. The molecule has 1 aromatic carbocycles. The molecule has 2 atom stereocenters. The Hall–Kier alpha value is -3.02. The molecule has 0 aliphatic carbocycles. The van der Waals surface area contributed by atoms with Crippen LogP contribution in [-0.2, 0) is 6.54 Å². The molecule has 194 valence electrons. The standard InChI is InChI=1S/C25H28F4N4O3/c1-15-8-21(31-33(15)19-10-20(26)23(27)30-11-19)16-5-6-17(22(9-16)36-24(28)29)12-32-7-3-4-18(13-32)25(2,35)14-34/h5-6,8-11,18,24,34-35H,3-4,7,12-14H2,1-2H3/t18-,25+/m0/s1. The lowest BCUT2D eigenvalue weighted by Gasteiger charge is -2.39. The molecule has 0 amide bonds. The van der Waals surface area contributed by atoms with E-state index in [1.807, 2.05) is 4.90 Å². The first-order valence-corrected chi connectivity index (χ1v) is 11.6. The number of aryl methyl sites for hydroxylation is 1. The van der Waals surface area contributed by atoms with Crippen LogP contribution < -0.4 is 4.74 Å². The summed E-state index contributed by atoms with van der Waals surface area (Å²) in [7, 11) is 0. The van der Waals surface area contributed by atoms with Crippen molar-refractivity contribution in [3.63, 3.8) is 0 Å². The van der Waals surface area contributed by atoms with Crippen molar-refractivity contribution in [2.45, 2.75) is 45.4 Å². The number of aromatic nitrogens is 3. The number of aliphatic hydroxyl groups excluding tert-OH is 1. The van der Waals surface area contributed by atoms with Gasteiger partial charge in [0.25, 0.3) is 0 Å². The number of nitrogens with zero attached hydrogens (tertiary/aromatic N) is 4. The minimum atomic E-state index is -3.03. The Morgan fingerprint density at radius 3 is 2.69 bits per heavy atom. The quantitative estimate of drug-likeness (QED) is 0.353. The van der Waals surface area contributed by atoms with Gasteiger partial charge in [-0.15, -0.1) is 0 Å². The summed E-state index contributed by atoms with van der Waals surface area (Å²) in [4.78, 5) is 5.42. The van der Waals surface area contributed by atoms with E-state index < -0.39 is 24.0 Å². The SMILES string of the molecule is Cc1cc(-c2ccc(CN3CCC[C@H]([C@](C)(O)CO)C3)c(OC(F)F)c2)nn1-c1cnc(F)c(F)c1. The van der Waals surface area contributed by atoms with Gasteiger partial charge in [-0.1, -0.05) is 12.1 Å². The Morgan fingerprint density at radius 1 is 1.22 bits per heavy atom. The predicted octanol–water partition coefficient (Wildman–Crippen LogP) is 4.08. The molecule has 0 bridgehead atoms. The fraction of sp³-hybridized carbons (Fsp3) is 0.440. The van der Waals surface area contributed by atoms with E-state index in [2.05, 4.69) is 10.1 Å². The molecule has 1 aliphatic rings. The molecule has 2 aromatic heterocycles. The lowest BCUT2D eigenvalue weighted by molar-refractivity contribution is -0.0702. The van der Waals surface area contributed by atoms with Crippen LogP contribution in [0.3, 0.4) is 0 Å². The molecular formula is C25H28F4N4O3. The molecule has 2 N–H and O–H groups in total. The second kappa shape index (κ2) is 10.5. The fourth-order valence-electron chi connectivity index (χ4n) is 4.53. The highest BCUT2D eigenvalue weighted by molar-refractivity contribution is 5.63. The van der Waals surface area contributed by atoms with E-state index in [1.165, 1.54) is 10.7 Å². The van der Waals surface area contributed by atoms with Gasteiger partial charge < -0.3 is 14.9 Å². The van der Waals surface area contributed by atoms with Gasteiger partial charge in [0.1, 0.15) is 5.75 Å². The lowest BCUT2D eigenvalue weighted by Crippen LogP contribution is -2.47. The summed E-state index contributed by atoms with van der Waals surface area (Å²) in [5.41, 5.74) is 1.09. The molecule has 1 saturated heterocycles. The molecule has 0 saturated carbocycles. The zero-order valence-electron chi connectivity index (χ0n) is 20.0. The van der Waals surface area contributed by atoms with Crippen LogP contribution >= 0.6 is 0 Å². The average Bonchev–Trinajstić information content (AvgIpc) is 3.23. The summed E-state index contributed by atoms with van der Waals surface area (Å²) in [6.07, 6.45) is 2.72. The summed E-state index contributed by atoms with van der Waals surface area (Å²) in [5.74, 6) is -2.47. The smallest absolute Gasteiger partial charge is 0.387 e. The first-order valence-electron chi connectivity index (χ1n) is 11.6. The van der Waals surface area contributed by atoms with Crippen molar-refractivity contribution in [1.82, 2.24) is 19.7 Å². The summed E-state index contributed by atoms with van der Waals surface area (Å²) in [5, 5.41) is 24.4. The number of piperidine rings is 1. The molecule has 4 rings (SSSR count). The molecule has 36 heavy (non-hydrogen) atoms. The molecule has 3 heterocycles. The first kappa shape index (κ1) is 26.1. The first-order chi connectivity index (χ1) is 17.1. The minimum absolute atomic E-state index is 0.000221. The van der Waals surface area contributed by atoms with Crippen LogP contribution in [0.2, 0.25) is 0 Å². The Kier molecular flexibility index (Phi) is 7.62. The molecule has 11 heteroatoms. The molecule has 0 radical (unpaired) electrons. The van der Waals surface area contributed by atoms with Crippen molar-refractivity contribution in [1.29, 1.82) is 0 Å². The van der Waals surface area contributed by atoms with Crippen molar-refractivity contribution in [3.8, 4) is 22.7 Å². The van der Waals surface area contributed by atoms with E-state index in [0.717, 1.165) is 31.6 Å². The monoisotopic (exact) mass is 508 g/mol. The van der Waals surface area contributed by atoms with Crippen LogP contribution in [0.1, 0.15) is 31.0 Å². The number of rotatable bonds is 8. The number of hydrogen-bond acceptors (Lipinski definition) is 6. The summed E-state index contributed by atoms with van der Waals surface area (Å²) in [6.45, 7) is 1.49. The largest absolute Gasteiger partial charge is 0.434 e. The van der Waals surface area contributed by atoms with Gasteiger partial charge in [0.15, 0.2) is 5.82 Å². The Morgan fingerprint density at radius 2 is 2.00 bits per heavy atom. The summed E-state index contributed by atoms with van der Waals surface area (Å²) in [6, 6.07) is 7.56. The van der Waals surface area contributed by atoms with Gasteiger partial charge in [0.05, 0.1) is 29.8 Å². The Labute approximate surface area is 206 Å². The number of alkyl halides is 2. The number of ether oxygens (including phenoxy) is 1. The third-order valence-corrected chi connectivity index (χ3v) is 6.59. The number of benzene rings is 1. The van der Waals surface area contributed by atoms with Gasteiger partial charge in [0.2, 0.25) is 5.95 Å². The van der Waals surface area contributed by atoms with Crippen LogP contribution in [0.5, 0.6) is 5.75 Å². The van der Waals surface area contributed by atoms with Crippen molar-refractivity contribution in [3.05, 3.63) is 59.6 Å². The van der Waals surface area contributed by atoms with E-state index >= 15 is 0 Å². The van der Waals surface area contributed by atoms with E-state index in [0.29, 0.717) is 35.6 Å².